The first-order valence-corrected chi connectivity index (χ1v) is 11.5. The number of hydrogen-bond donors (Lipinski definition) is 1. The number of halogens is 1. The summed E-state index contributed by atoms with van der Waals surface area (Å²) in [4.78, 5) is 26.5. The number of aromatic nitrogens is 3. The Labute approximate surface area is 206 Å². The lowest BCUT2D eigenvalue weighted by Crippen LogP contribution is -2.12. The standard InChI is InChI=1S/C25H21ClN4O3S/c1-32-21-14-22(33-2)30-24(29-21)23(16-6-4-3-5-7-16)34-19-11-9-18(10-12-19)28-25(31)17-8-13-20(26)27-15-17/h3-15,23H,1-2H3,(H,28,31). The van der Waals surface area contributed by atoms with Gasteiger partial charge in [0.1, 0.15) is 5.15 Å². The van der Waals surface area contributed by atoms with Gasteiger partial charge >= 0.3 is 0 Å². The zero-order chi connectivity index (χ0) is 23.9. The van der Waals surface area contributed by atoms with Crippen LogP contribution in [0.2, 0.25) is 5.15 Å². The Balaban J connectivity index is 1.56. The number of ether oxygens (including phenoxy) is 2. The van der Waals surface area contributed by atoms with E-state index in [0.717, 1.165) is 10.5 Å². The molecule has 0 aliphatic carbocycles. The first kappa shape index (κ1) is 23.5. The van der Waals surface area contributed by atoms with E-state index in [2.05, 4.69) is 20.3 Å². The smallest absolute Gasteiger partial charge is 0.257 e. The molecule has 0 saturated carbocycles. The first-order valence-electron chi connectivity index (χ1n) is 10.3. The van der Waals surface area contributed by atoms with Gasteiger partial charge in [-0.3, -0.25) is 4.79 Å². The Morgan fingerprint density at radius 3 is 2.21 bits per heavy atom. The number of anilines is 1. The molecule has 1 amide bonds. The Hall–Kier alpha value is -3.62. The predicted molar refractivity (Wildman–Crippen MR) is 133 cm³/mol. The van der Waals surface area contributed by atoms with Gasteiger partial charge in [0.2, 0.25) is 11.8 Å². The molecule has 0 fully saturated rings. The van der Waals surface area contributed by atoms with Crippen LogP contribution in [0.3, 0.4) is 0 Å². The quantitative estimate of drug-likeness (QED) is 0.250. The number of methoxy groups -OCH3 is 2. The van der Waals surface area contributed by atoms with Gasteiger partial charge in [-0.15, -0.1) is 11.8 Å². The Morgan fingerprint density at radius 2 is 1.62 bits per heavy atom. The monoisotopic (exact) mass is 492 g/mol. The van der Waals surface area contributed by atoms with E-state index >= 15 is 0 Å². The highest BCUT2D eigenvalue weighted by atomic mass is 35.5. The largest absolute Gasteiger partial charge is 0.481 e. The van der Waals surface area contributed by atoms with E-state index in [1.807, 2.05) is 54.6 Å². The number of rotatable bonds is 8. The van der Waals surface area contributed by atoms with Crippen LogP contribution in [0.15, 0.2) is 83.9 Å². The lowest BCUT2D eigenvalue weighted by Gasteiger charge is -2.17. The zero-order valence-electron chi connectivity index (χ0n) is 18.4. The van der Waals surface area contributed by atoms with Crippen molar-refractivity contribution in [1.29, 1.82) is 0 Å². The molecule has 4 aromatic rings. The second kappa shape index (κ2) is 11.0. The van der Waals surface area contributed by atoms with Crippen LogP contribution in [0.1, 0.15) is 27.0 Å². The molecule has 0 spiro atoms. The molecule has 0 saturated heterocycles. The first-order chi connectivity index (χ1) is 16.6. The van der Waals surface area contributed by atoms with Gasteiger partial charge in [0, 0.05) is 16.8 Å². The number of amides is 1. The van der Waals surface area contributed by atoms with Crippen LogP contribution in [0, 0.1) is 0 Å². The van der Waals surface area contributed by atoms with Crippen LogP contribution in [0.4, 0.5) is 5.69 Å². The number of hydrogen-bond acceptors (Lipinski definition) is 7. The second-order valence-electron chi connectivity index (χ2n) is 7.07. The number of benzene rings is 2. The lowest BCUT2D eigenvalue weighted by molar-refractivity contribution is 0.102. The molecule has 1 N–H and O–H groups in total. The van der Waals surface area contributed by atoms with E-state index in [0.29, 0.717) is 34.0 Å². The fourth-order valence-electron chi connectivity index (χ4n) is 3.11. The summed E-state index contributed by atoms with van der Waals surface area (Å²) in [6, 6.07) is 22.4. The molecule has 2 aromatic heterocycles. The van der Waals surface area contributed by atoms with Crippen molar-refractivity contribution in [2.45, 2.75) is 10.1 Å². The van der Waals surface area contributed by atoms with Crippen LogP contribution >= 0.6 is 23.4 Å². The van der Waals surface area contributed by atoms with Gasteiger partial charge in [-0.2, -0.15) is 9.97 Å². The second-order valence-corrected chi connectivity index (χ2v) is 8.63. The Kier molecular flexibility index (Phi) is 7.61. The van der Waals surface area contributed by atoms with Crippen molar-refractivity contribution in [1.82, 2.24) is 15.0 Å². The fourth-order valence-corrected chi connectivity index (χ4v) is 4.29. The summed E-state index contributed by atoms with van der Waals surface area (Å²) in [6.45, 7) is 0. The van der Waals surface area contributed by atoms with Crippen molar-refractivity contribution in [2.75, 3.05) is 19.5 Å². The van der Waals surface area contributed by atoms with E-state index in [9.17, 15) is 4.79 Å². The number of nitrogens with one attached hydrogen (secondary N) is 1. The highest BCUT2D eigenvalue weighted by Gasteiger charge is 2.21. The Bertz CT molecular complexity index is 1230. The summed E-state index contributed by atoms with van der Waals surface area (Å²) in [7, 11) is 3.12. The molecule has 7 nitrogen and oxygen atoms in total. The maximum Gasteiger partial charge on any atom is 0.257 e. The van der Waals surface area contributed by atoms with Gasteiger partial charge < -0.3 is 14.8 Å². The maximum absolute atomic E-state index is 12.4. The highest BCUT2D eigenvalue weighted by Crippen LogP contribution is 2.40. The van der Waals surface area contributed by atoms with E-state index in [4.69, 9.17) is 21.1 Å². The normalized spacial score (nSPS) is 11.5. The maximum atomic E-state index is 12.4. The Morgan fingerprint density at radius 1 is 0.941 bits per heavy atom. The van der Waals surface area contributed by atoms with Crippen molar-refractivity contribution in [3.8, 4) is 11.8 Å². The minimum atomic E-state index is -0.261. The predicted octanol–water partition coefficient (Wildman–Crippen LogP) is 5.68. The highest BCUT2D eigenvalue weighted by molar-refractivity contribution is 7.99. The summed E-state index contributed by atoms with van der Waals surface area (Å²) in [6.07, 6.45) is 1.44. The molecule has 0 aliphatic rings. The molecule has 2 aromatic carbocycles. The van der Waals surface area contributed by atoms with Crippen molar-refractivity contribution < 1.29 is 14.3 Å². The van der Waals surface area contributed by atoms with E-state index in [-0.39, 0.29) is 11.2 Å². The van der Waals surface area contributed by atoms with Gasteiger partial charge in [-0.05, 0) is 42.0 Å². The number of carbonyl (C=O) groups excluding carboxylic acids is 1. The lowest BCUT2D eigenvalue weighted by atomic mass is 10.1. The molecule has 2 heterocycles. The van der Waals surface area contributed by atoms with E-state index in [1.54, 1.807) is 44.2 Å². The van der Waals surface area contributed by atoms with Gasteiger partial charge in [0.05, 0.1) is 31.1 Å². The van der Waals surface area contributed by atoms with Gasteiger partial charge in [0.25, 0.3) is 5.91 Å². The zero-order valence-corrected chi connectivity index (χ0v) is 20.0. The fraction of sp³-hybridized carbons (Fsp3) is 0.120. The molecule has 4 rings (SSSR count). The summed E-state index contributed by atoms with van der Waals surface area (Å²) >= 11 is 7.38. The van der Waals surface area contributed by atoms with Crippen LogP contribution < -0.4 is 14.8 Å². The molecule has 0 bridgehead atoms. The van der Waals surface area contributed by atoms with Gasteiger partial charge in [-0.25, -0.2) is 4.98 Å². The average molecular weight is 493 g/mol. The van der Waals surface area contributed by atoms with E-state index in [1.165, 1.54) is 6.20 Å². The SMILES string of the molecule is COc1cc(OC)nc(C(Sc2ccc(NC(=O)c3ccc(Cl)nc3)cc2)c2ccccc2)n1. The average Bonchev–Trinajstić information content (AvgIpc) is 2.88. The topological polar surface area (TPSA) is 86.2 Å². The third kappa shape index (κ3) is 5.84. The number of carbonyl (C=O) groups is 1. The van der Waals surface area contributed by atoms with Crippen molar-refractivity contribution in [3.05, 3.63) is 101 Å². The molecule has 0 aliphatic heterocycles. The van der Waals surface area contributed by atoms with Crippen LogP contribution in [0.5, 0.6) is 11.8 Å². The molecule has 34 heavy (non-hydrogen) atoms. The van der Waals surface area contributed by atoms with E-state index < -0.39 is 0 Å². The molecule has 0 radical (unpaired) electrons. The summed E-state index contributed by atoms with van der Waals surface area (Å²) in [5.41, 5.74) is 2.13. The van der Waals surface area contributed by atoms with Crippen LogP contribution in [0.25, 0.3) is 0 Å². The summed E-state index contributed by atoms with van der Waals surface area (Å²) in [5, 5.41) is 3.00. The molecule has 1 atom stereocenters. The molecule has 172 valence electrons. The van der Waals surface area contributed by atoms with Crippen LogP contribution in [-0.4, -0.2) is 35.1 Å². The third-order valence-electron chi connectivity index (χ3n) is 4.81. The van der Waals surface area contributed by atoms with Gasteiger partial charge in [-0.1, -0.05) is 41.9 Å². The third-order valence-corrected chi connectivity index (χ3v) is 6.29. The van der Waals surface area contributed by atoms with Crippen molar-refractivity contribution in [3.63, 3.8) is 0 Å². The van der Waals surface area contributed by atoms with Crippen LogP contribution in [-0.2, 0) is 0 Å². The van der Waals surface area contributed by atoms with Gasteiger partial charge in [0.15, 0.2) is 5.82 Å². The molecule has 1 unspecified atom stereocenters. The minimum absolute atomic E-state index is 0.203. The van der Waals surface area contributed by atoms with Crippen molar-refractivity contribution >= 4 is 35.0 Å². The van der Waals surface area contributed by atoms with Crippen molar-refractivity contribution in [2.24, 2.45) is 0 Å². The molecular weight excluding hydrogens is 472 g/mol. The number of thioether (sulfide) groups is 1. The molecule has 9 heteroatoms. The minimum Gasteiger partial charge on any atom is -0.481 e. The summed E-state index contributed by atoms with van der Waals surface area (Å²) < 4.78 is 10.7. The summed E-state index contributed by atoms with van der Waals surface area (Å²) in [5.74, 6) is 1.17. The molecular formula is C25H21ClN4O3S. The number of nitrogens with zero attached hydrogens (tertiary/aromatic N) is 3. The number of pyridine rings is 1.